The predicted octanol–water partition coefficient (Wildman–Crippen LogP) is 3.98. The van der Waals surface area contributed by atoms with E-state index < -0.39 is 5.97 Å². The lowest BCUT2D eigenvalue weighted by atomic mass is 10.1. The van der Waals surface area contributed by atoms with E-state index >= 15 is 0 Å². The van der Waals surface area contributed by atoms with Crippen LogP contribution in [0.25, 0.3) is 39.1 Å². The van der Waals surface area contributed by atoms with E-state index in [9.17, 15) is 4.79 Å². The monoisotopic (exact) mass is 468 g/mol. The number of fused-ring (bicyclic) bond motifs is 2. The molecule has 0 amide bonds. The molecule has 4 heterocycles. The van der Waals surface area contributed by atoms with Gasteiger partial charge in [0.25, 0.3) is 0 Å². The minimum atomic E-state index is -0.425. The van der Waals surface area contributed by atoms with Crippen LogP contribution in [0.3, 0.4) is 0 Å². The summed E-state index contributed by atoms with van der Waals surface area (Å²) in [7, 11) is 0. The summed E-state index contributed by atoms with van der Waals surface area (Å²) in [4.78, 5) is 32.9. The van der Waals surface area contributed by atoms with Crippen LogP contribution in [0.2, 0.25) is 0 Å². The van der Waals surface area contributed by atoms with Crippen LogP contribution in [0, 0.1) is 0 Å². The summed E-state index contributed by atoms with van der Waals surface area (Å²) in [5, 5.41) is 1.92. The van der Waals surface area contributed by atoms with Gasteiger partial charge in [-0.3, -0.25) is 4.57 Å². The highest BCUT2D eigenvalue weighted by Crippen LogP contribution is 2.29. The van der Waals surface area contributed by atoms with Crippen LogP contribution in [-0.2, 0) is 9.47 Å². The van der Waals surface area contributed by atoms with Gasteiger partial charge in [0.15, 0.2) is 5.82 Å². The molecule has 0 radical (unpaired) electrons. The highest BCUT2D eigenvalue weighted by Gasteiger charge is 2.23. The van der Waals surface area contributed by atoms with Crippen molar-refractivity contribution in [3.05, 3.63) is 66.5 Å². The number of anilines is 1. The minimum Gasteiger partial charge on any atom is -0.461 e. The van der Waals surface area contributed by atoms with E-state index in [1.165, 1.54) is 0 Å². The highest BCUT2D eigenvalue weighted by molar-refractivity contribution is 5.97. The number of benzene rings is 2. The quantitative estimate of drug-likeness (QED) is 0.390. The van der Waals surface area contributed by atoms with Crippen molar-refractivity contribution in [2.24, 2.45) is 0 Å². The number of hydrogen-bond acceptors (Lipinski definition) is 7. The normalized spacial score (nSPS) is 14.0. The fraction of sp³-hybridized carbons (Fsp3) is 0.231. The number of rotatable bonds is 5. The first kappa shape index (κ1) is 21.3. The van der Waals surface area contributed by atoms with E-state index in [2.05, 4.69) is 9.88 Å². The highest BCUT2D eigenvalue weighted by atomic mass is 16.5. The Morgan fingerprint density at radius 1 is 1.03 bits per heavy atom. The number of para-hydroxylation sites is 1. The van der Waals surface area contributed by atoms with Gasteiger partial charge in [-0.1, -0.05) is 30.3 Å². The molecule has 1 aliphatic rings. The molecule has 6 rings (SSSR count). The van der Waals surface area contributed by atoms with Gasteiger partial charge in [-0.05, 0) is 31.2 Å². The topological polar surface area (TPSA) is 98.2 Å². The van der Waals surface area contributed by atoms with Crippen LogP contribution >= 0.6 is 0 Å². The average molecular weight is 469 g/mol. The molecule has 35 heavy (non-hydrogen) atoms. The van der Waals surface area contributed by atoms with Gasteiger partial charge in [0.05, 0.1) is 25.3 Å². The van der Waals surface area contributed by atoms with E-state index in [0.29, 0.717) is 49.7 Å². The molecule has 1 N–H and O–H groups in total. The third kappa shape index (κ3) is 3.79. The van der Waals surface area contributed by atoms with Crippen molar-refractivity contribution in [3.63, 3.8) is 0 Å². The Hall–Kier alpha value is -4.24. The second-order valence-corrected chi connectivity index (χ2v) is 8.25. The molecule has 176 valence electrons. The summed E-state index contributed by atoms with van der Waals surface area (Å²) in [6, 6.07) is 17.6. The van der Waals surface area contributed by atoms with Crippen LogP contribution in [0.5, 0.6) is 0 Å². The van der Waals surface area contributed by atoms with Gasteiger partial charge in [0.1, 0.15) is 5.69 Å². The summed E-state index contributed by atoms with van der Waals surface area (Å²) >= 11 is 0. The van der Waals surface area contributed by atoms with Crippen LogP contribution in [-0.4, -0.2) is 63.4 Å². The maximum atomic E-state index is 12.9. The van der Waals surface area contributed by atoms with Gasteiger partial charge in [0.2, 0.25) is 11.9 Å². The van der Waals surface area contributed by atoms with Crippen molar-refractivity contribution in [1.82, 2.24) is 24.5 Å². The number of ether oxygens (including phenoxy) is 2. The molecule has 5 aromatic rings. The van der Waals surface area contributed by atoms with Crippen molar-refractivity contribution >= 4 is 33.7 Å². The van der Waals surface area contributed by atoms with Crippen molar-refractivity contribution in [1.29, 1.82) is 0 Å². The van der Waals surface area contributed by atoms with Crippen LogP contribution in [0.15, 0.2) is 60.8 Å². The largest absolute Gasteiger partial charge is 0.461 e. The molecule has 0 aliphatic carbocycles. The number of aromatic nitrogens is 5. The van der Waals surface area contributed by atoms with Crippen molar-refractivity contribution in [3.8, 4) is 17.3 Å². The second kappa shape index (κ2) is 8.84. The van der Waals surface area contributed by atoms with E-state index in [4.69, 9.17) is 24.4 Å². The fourth-order valence-electron chi connectivity index (χ4n) is 4.49. The Kier molecular flexibility index (Phi) is 5.38. The Morgan fingerprint density at radius 3 is 2.71 bits per heavy atom. The molecular weight excluding hydrogens is 444 g/mol. The number of carbonyl (C=O) groups is 1. The number of morpholine rings is 1. The number of esters is 1. The summed E-state index contributed by atoms with van der Waals surface area (Å²) in [5.74, 6) is 1.03. The third-order valence-electron chi connectivity index (χ3n) is 6.14. The molecule has 1 saturated heterocycles. The number of carbonyl (C=O) groups excluding carboxylic acids is 1. The average Bonchev–Trinajstić information content (AvgIpc) is 3.54. The van der Waals surface area contributed by atoms with Crippen molar-refractivity contribution in [2.45, 2.75) is 6.92 Å². The smallest absolute Gasteiger partial charge is 0.355 e. The Bertz CT molecular complexity index is 1530. The van der Waals surface area contributed by atoms with E-state index in [-0.39, 0.29) is 6.61 Å². The van der Waals surface area contributed by atoms with E-state index in [1.807, 2.05) is 60.8 Å². The summed E-state index contributed by atoms with van der Waals surface area (Å²) < 4.78 is 12.7. The van der Waals surface area contributed by atoms with Gasteiger partial charge in [-0.2, -0.15) is 15.0 Å². The van der Waals surface area contributed by atoms with E-state index in [1.54, 1.807) is 11.5 Å². The SMILES string of the molecule is CCOC(=O)c1cc2ccccc2n1-c1nc(-c2cccc3[nH]ccc23)nc(N2CCOCC2)n1. The number of nitrogens with zero attached hydrogens (tertiary/aromatic N) is 5. The minimum absolute atomic E-state index is 0.275. The lowest BCUT2D eigenvalue weighted by molar-refractivity contribution is 0.0517. The fourth-order valence-corrected chi connectivity index (χ4v) is 4.49. The lowest BCUT2D eigenvalue weighted by Gasteiger charge is -2.27. The number of aromatic amines is 1. The zero-order chi connectivity index (χ0) is 23.8. The van der Waals surface area contributed by atoms with Gasteiger partial charge in [0, 0.05) is 41.1 Å². The van der Waals surface area contributed by atoms with Gasteiger partial charge < -0.3 is 19.4 Å². The number of nitrogens with one attached hydrogen (secondary N) is 1. The number of hydrogen-bond donors (Lipinski definition) is 1. The molecule has 0 atom stereocenters. The van der Waals surface area contributed by atoms with Gasteiger partial charge >= 0.3 is 5.97 Å². The van der Waals surface area contributed by atoms with Crippen LogP contribution in [0.4, 0.5) is 5.95 Å². The standard InChI is InChI=1S/C26H24N6O3/c1-2-35-24(33)22-16-17-6-3-4-9-21(17)32(22)26-29-23(19-7-5-8-20-18(19)10-11-27-20)28-25(30-26)31-12-14-34-15-13-31/h3-11,16,27H,2,12-15H2,1H3. The molecule has 2 aromatic carbocycles. The zero-order valence-electron chi connectivity index (χ0n) is 19.3. The van der Waals surface area contributed by atoms with E-state index in [0.717, 1.165) is 27.4 Å². The third-order valence-corrected chi connectivity index (χ3v) is 6.14. The Balaban J connectivity index is 1.61. The Morgan fingerprint density at radius 2 is 1.86 bits per heavy atom. The van der Waals surface area contributed by atoms with Gasteiger partial charge in [-0.25, -0.2) is 4.79 Å². The van der Waals surface area contributed by atoms with Crippen molar-refractivity contribution in [2.75, 3.05) is 37.8 Å². The first-order chi connectivity index (χ1) is 17.2. The second-order valence-electron chi connectivity index (χ2n) is 8.25. The molecule has 3 aromatic heterocycles. The summed E-state index contributed by atoms with van der Waals surface area (Å²) in [5.41, 5.74) is 3.07. The molecule has 1 fully saturated rings. The molecule has 1 aliphatic heterocycles. The molecule has 9 nitrogen and oxygen atoms in total. The van der Waals surface area contributed by atoms with Gasteiger partial charge in [-0.15, -0.1) is 0 Å². The maximum Gasteiger partial charge on any atom is 0.355 e. The first-order valence-electron chi connectivity index (χ1n) is 11.7. The van der Waals surface area contributed by atoms with Crippen LogP contribution in [0.1, 0.15) is 17.4 Å². The summed E-state index contributed by atoms with van der Waals surface area (Å²) in [6.45, 7) is 4.62. The molecule has 0 saturated carbocycles. The van der Waals surface area contributed by atoms with Crippen molar-refractivity contribution < 1.29 is 14.3 Å². The molecule has 9 heteroatoms. The maximum absolute atomic E-state index is 12.9. The predicted molar refractivity (Wildman–Crippen MR) is 133 cm³/mol. The first-order valence-corrected chi connectivity index (χ1v) is 11.7. The number of H-pyrrole nitrogens is 1. The molecule has 0 spiro atoms. The molecular formula is C26H24N6O3. The lowest BCUT2D eigenvalue weighted by Crippen LogP contribution is -2.37. The Labute approximate surface area is 201 Å². The zero-order valence-corrected chi connectivity index (χ0v) is 19.3. The molecule has 0 unspecified atom stereocenters. The molecule has 0 bridgehead atoms. The summed E-state index contributed by atoms with van der Waals surface area (Å²) in [6.07, 6.45) is 1.90. The van der Waals surface area contributed by atoms with Crippen LogP contribution < -0.4 is 4.90 Å².